The number of sulfonamides is 1. The number of hydrogen-bond donors (Lipinski definition) is 1. The molecule has 1 aliphatic carbocycles. The SMILES string of the molecule is COc1ccc(N(CC(=O)NC2CC2)S(=O)(=O)c2ccc(C)cc2)cc1Cl. The van der Waals surface area contributed by atoms with Crippen LogP contribution in [0.2, 0.25) is 5.02 Å². The first kappa shape index (κ1) is 19.5. The van der Waals surface area contributed by atoms with Gasteiger partial charge >= 0.3 is 0 Å². The molecule has 0 saturated heterocycles. The highest BCUT2D eigenvalue weighted by molar-refractivity contribution is 7.92. The van der Waals surface area contributed by atoms with E-state index in [1.54, 1.807) is 24.3 Å². The fraction of sp³-hybridized carbons (Fsp3) is 0.316. The van der Waals surface area contributed by atoms with Crippen molar-refractivity contribution < 1.29 is 17.9 Å². The maximum absolute atomic E-state index is 13.2. The van der Waals surface area contributed by atoms with Gasteiger partial charge in [0.15, 0.2) is 0 Å². The number of methoxy groups -OCH3 is 1. The van der Waals surface area contributed by atoms with Gasteiger partial charge in [0, 0.05) is 6.04 Å². The number of aryl methyl sites for hydroxylation is 1. The van der Waals surface area contributed by atoms with E-state index < -0.39 is 10.0 Å². The first-order valence-electron chi connectivity index (χ1n) is 8.53. The van der Waals surface area contributed by atoms with E-state index in [0.29, 0.717) is 11.4 Å². The third kappa shape index (κ3) is 4.54. The minimum Gasteiger partial charge on any atom is -0.495 e. The van der Waals surface area contributed by atoms with Crippen LogP contribution in [-0.2, 0) is 14.8 Å². The number of amides is 1. The van der Waals surface area contributed by atoms with Crippen LogP contribution in [0.15, 0.2) is 47.4 Å². The summed E-state index contributed by atoms with van der Waals surface area (Å²) in [5, 5.41) is 3.09. The van der Waals surface area contributed by atoms with E-state index in [9.17, 15) is 13.2 Å². The summed E-state index contributed by atoms with van der Waals surface area (Å²) >= 11 is 6.17. The van der Waals surface area contributed by atoms with Crippen LogP contribution >= 0.6 is 11.6 Å². The summed E-state index contributed by atoms with van der Waals surface area (Å²) in [7, 11) is -2.47. The first-order valence-corrected chi connectivity index (χ1v) is 10.4. The van der Waals surface area contributed by atoms with E-state index >= 15 is 0 Å². The Bertz CT molecular complexity index is 941. The largest absolute Gasteiger partial charge is 0.495 e. The second-order valence-corrected chi connectivity index (χ2v) is 8.75. The van der Waals surface area contributed by atoms with Gasteiger partial charge in [-0.1, -0.05) is 29.3 Å². The maximum atomic E-state index is 13.2. The topological polar surface area (TPSA) is 75.7 Å². The number of carbonyl (C=O) groups excluding carboxylic acids is 1. The van der Waals surface area contributed by atoms with Crippen LogP contribution in [0.25, 0.3) is 0 Å². The Labute approximate surface area is 164 Å². The second-order valence-electron chi connectivity index (χ2n) is 6.49. The van der Waals surface area contributed by atoms with Gasteiger partial charge in [-0.2, -0.15) is 0 Å². The molecule has 3 rings (SSSR count). The van der Waals surface area contributed by atoms with Crippen LogP contribution in [0.5, 0.6) is 5.75 Å². The third-order valence-corrected chi connectivity index (χ3v) is 6.35. The summed E-state index contributed by atoms with van der Waals surface area (Å²) in [5.41, 5.74) is 1.24. The fourth-order valence-electron chi connectivity index (χ4n) is 2.59. The predicted molar refractivity (Wildman–Crippen MR) is 105 cm³/mol. The molecular formula is C19H21ClN2O4S. The summed E-state index contributed by atoms with van der Waals surface area (Å²) in [4.78, 5) is 12.5. The Morgan fingerprint density at radius 2 is 1.89 bits per heavy atom. The first-order chi connectivity index (χ1) is 12.8. The van der Waals surface area contributed by atoms with E-state index in [2.05, 4.69) is 5.32 Å². The Balaban J connectivity index is 1.99. The average molecular weight is 409 g/mol. The molecule has 0 atom stereocenters. The van der Waals surface area contributed by atoms with Crippen molar-refractivity contribution in [2.75, 3.05) is 18.0 Å². The normalized spacial score (nSPS) is 13.9. The van der Waals surface area contributed by atoms with Crippen molar-refractivity contribution >= 4 is 33.2 Å². The zero-order valence-electron chi connectivity index (χ0n) is 15.1. The lowest BCUT2D eigenvalue weighted by Crippen LogP contribution is -2.41. The lowest BCUT2D eigenvalue weighted by Gasteiger charge is -2.24. The van der Waals surface area contributed by atoms with Crippen molar-refractivity contribution in [2.45, 2.75) is 30.7 Å². The quantitative estimate of drug-likeness (QED) is 0.763. The van der Waals surface area contributed by atoms with Crippen LogP contribution in [-0.4, -0.2) is 34.0 Å². The van der Waals surface area contributed by atoms with Gasteiger partial charge < -0.3 is 10.1 Å². The van der Waals surface area contributed by atoms with Gasteiger partial charge in [0.05, 0.1) is 22.7 Å². The zero-order valence-corrected chi connectivity index (χ0v) is 16.7. The van der Waals surface area contributed by atoms with Crippen molar-refractivity contribution in [3.63, 3.8) is 0 Å². The molecule has 0 bridgehead atoms. The van der Waals surface area contributed by atoms with Crippen molar-refractivity contribution in [1.82, 2.24) is 5.32 Å². The molecule has 2 aromatic carbocycles. The highest BCUT2D eigenvalue weighted by atomic mass is 35.5. The molecule has 8 heteroatoms. The van der Waals surface area contributed by atoms with Gasteiger partial charge in [0.1, 0.15) is 12.3 Å². The molecule has 27 heavy (non-hydrogen) atoms. The van der Waals surface area contributed by atoms with E-state index in [1.165, 1.54) is 25.3 Å². The van der Waals surface area contributed by atoms with Gasteiger partial charge in [-0.15, -0.1) is 0 Å². The highest BCUT2D eigenvalue weighted by Crippen LogP contribution is 2.32. The maximum Gasteiger partial charge on any atom is 0.264 e. The van der Waals surface area contributed by atoms with Crippen LogP contribution in [0, 0.1) is 6.92 Å². The van der Waals surface area contributed by atoms with E-state index in [4.69, 9.17) is 16.3 Å². The van der Waals surface area contributed by atoms with Gasteiger partial charge in [-0.3, -0.25) is 9.10 Å². The summed E-state index contributed by atoms with van der Waals surface area (Å²) in [6.07, 6.45) is 1.84. The number of nitrogens with one attached hydrogen (secondary N) is 1. The van der Waals surface area contributed by atoms with Crippen LogP contribution < -0.4 is 14.4 Å². The van der Waals surface area contributed by atoms with Crippen molar-refractivity contribution in [2.24, 2.45) is 0 Å². The van der Waals surface area contributed by atoms with Crippen LogP contribution in [0.3, 0.4) is 0 Å². The predicted octanol–water partition coefficient (Wildman–Crippen LogP) is 3.13. The van der Waals surface area contributed by atoms with Crippen molar-refractivity contribution in [3.8, 4) is 5.75 Å². The molecule has 1 aliphatic rings. The summed E-state index contributed by atoms with van der Waals surface area (Å²) in [5.74, 6) is 0.0793. The average Bonchev–Trinajstić information content (AvgIpc) is 3.44. The Kier molecular flexibility index (Phi) is 5.62. The molecule has 0 spiro atoms. The fourth-order valence-corrected chi connectivity index (χ4v) is 4.26. The summed E-state index contributed by atoms with van der Waals surface area (Å²) in [6, 6.07) is 11.3. The Hall–Kier alpha value is -2.25. The van der Waals surface area contributed by atoms with Crippen molar-refractivity contribution in [1.29, 1.82) is 0 Å². The van der Waals surface area contributed by atoms with Gasteiger partial charge in [0.25, 0.3) is 10.0 Å². The number of benzene rings is 2. The summed E-state index contributed by atoms with van der Waals surface area (Å²) < 4.78 is 32.6. The number of nitrogens with zero attached hydrogens (tertiary/aromatic N) is 1. The third-order valence-electron chi connectivity index (χ3n) is 4.26. The van der Waals surface area contributed by atoms with Crippen LogP contribution in [0.4, 0.5) is 5.69 Å². The smallest absolute Gasteiger partial charge is 0.264 e. The number of rotatable bonds is 7. The molecule has 0 aliphatic heterocycles. The van der Waals surface area contributed by atoms with E-state index in [1.807, 2.05) is 6.92 Å². The lowest BCUT2D eigenvalue weighted by molar-refractivity contribution is -0.119. The summed E-state index contributed by atoms with van der Waals surface area (Å²) in [6.45, 7) is 1.55. The molecule has 0 unspecified atom stereocenters. The number of carbonyl (C=O) groups is 1. The molecule has 1 fully saturated rings. The Morgan fingerprint density at radius 3 is 2.44 bits per heavy atom. The zero-order chi connectivity index (χ0) is 19.6. The standard InChI is InChI=1S/C19H21ClN2O4S/c1-13-3-8-16(9-4-13)27(24,25)22(12-19(23)21-14-5-6-14)15-7-10-18(26-2)17(20)11-15/h3-4,7-11,14H,5-6,12H2,1-2H3,(H,21,23). The molecular weight excluding hydrogens is 388 g/mol. The van der Waals surface area contributed by atoms with Gasteiger partial charge in [-0.25, -0.2) is 8.42 Å². The molecule has 0 heterocycles. The minimum absolute atomic E-state index is 0.110. The molecule has 1 saturated carbocycles. The van der Waals surface area contributed by atoms with Gasteiger partial charge in [-0.05, 0) is 50.1 Å². The second kappa shape index (κ2) is 7.78. The number of hydrogen-bond acceptors (Lipinski definition) is 4. The number of anilines is 1. The number of ether oxygens (including phenoxy) is 1. The molecule has 0 aromatic heterocycles. The van der Waals surface area contributed by atoms with Crippen LogP contribution in [0.1, 0.15) is 18.4 Å². The van der Waals surface area contributed by atoms with Gasteiger partial charge in [0.2, 0.25) is 5.91 Å². The number of halogens is 1. The van der Waals surface area contributed by atoms with E-state index in [-0.39, 0.29) is 28.4 Å². The monoisotopic (exact) mass is 408 g/mol. The molecule has 144 valence electrons. The molecule has 1 N–H and O–H groups in total. The Morgan fingerprint density at radius 1 is 1.22 bits per heavy atom. The molecule has 0 radical (unpaired) electrons. The van der Waals surface area contributed by atoms with Crippen molar-refractivity contribution in [3.05, 3.63) is 53.1 Å². The minimum atomic E-state index is -3.94. The molecule has 1 amide bonds. The molecule has 2 aromatic rings. The molecule has 6 nitrogen and oxygen atoms in total. The highest BCUT2D eigenvalue weighted by Gasteiger charge is 2.30. The lowest BCUT2D eigenvalue weighted by atomic mass is 10.2. The van der Waals surface area contributed by atoms with E-state index in [0.717, 1.165) is 22.7 Å².